The van der Waals surface area contributed by atoms with Crippen molar-refractivity contribution < 1.29 is 53.4 Å². The van der Waals surface area contributed by atoms with E-state index in [2.05, 4.69) is 0 Å². The normalized spacial score (nSPS) is 24.1. The first-order valence-electron chi connectivity index (χ1n) is 12.3. The molecule has 3 aliphatic rings. The third-order valence-electron chi connectivity index (χ3n) is 8.04. The first kappa shape index (κ1) is 24.8. The summed E-state index contributed by atoms with van der Waals surface area (Å²) in [5.74, 6) is -7.51. The number of aliphatic hydroxyl groups is 1. The molecule has 208 valence electrons. The average molecular weight is 560 g/mol. The molecule has 3 heterocycles. The van der Waals surface area contributed by atoms with Crippen LogP contribution in [0.4, 0.5) is 0 Å². The van der Waals surface area contributed by atoms with Crippen molar-refractivity contribution >= 4 is 39.1 Å². The lowest BCUT2D eigenvalue weighted by Gasteiger charge is -2.47. The Balaban J connectivity index is 1.62. The number of benzene rings is 3. The van der Waals surface area contributed by atoms with Crippen molar-refractivity contribution in [3.05, 3.63) is 63.5 Å². The van der Waals surface area contributed by atoms with Gasteiger partial charge in [-0.3, -0.25) is 4.79 Å². The number of hydrogen-bond acceptors (Lipinski definition) is 12. The van der Waals surface area contributed by atoms with Crippen LogP contribution in [0.25, 0.3) is 27.3 Å². The van der Waals surface area contributed by atoms with Crippen LogP contribution in [0.3, 0.4) is 0 Å². The SMILES string of the molecule is COc1cc(O)c2c(c1)C1=CC(=O)C3(O)Oc4c(O)cc5oc(=O)c6c(O)cc(OC)cc6c5c4C3C1(C)OC2=O. The molecule has 0 radical (unpaired) electrons. The Bertz CT molecular complexity index is 2000. The highest BCUT2D eigenvalue weighted by molar-refractivity contribution is 6.15. The maximum atomic E-state index is 13.6. The smallest absolute Gasteiger partial charge is 0.347 e. The standard InChI is InChI=1S/C29H20O12/c1-28-14(12-4-10(37-2)6-15(30)20(12)27(35)41-28)8-19(33)29(36)25(28)23-22-13-5-11(38-3)7-16(31)21(13)26(34)39-18(22)9-17(32)24(23)40-29/h4-9,25,30-32,36H,1-3H3. The number of ketones is 1. The van der Waals surface area contributed by atoms with Gasteiger partial charge >= 0.3 is 11.6 Å². The fourth-order valence-corrected chi connectivity index (χ4v) is 6.30. The van der Waals surface area contributed by atoms with Crippen molar-refractivity contribution in [1.82, 2.24) is 0 Å². The summed E-state index contributed by atoms with van der Waals surface area (Å²) < 4.78 is 27.6. The molecule has 3 unspecified atom stereocenters. The molecule has 3 atom stereocenters. The van der Waals surface area contributed by atoms with E-state index in [0.29, 0.717) is 0 Å². The van der Waals surface area contributed by atoms with E-state index in [1.54, 1.807) is 0 Å². The van der Waals surface area contributed by atoms with Crippen molar-refractivity contribution in [2.75, 3.05) is 14.2 Å². The Kier molecular flexibility index (Phi) is 4.65. The minimum absolute atomic E-state index is 0.0197. The molecule has 41 heavy (non-hydrogen) atoms. The van der Waals surface area contributed by atoms with Gasteiger partial charge in [0.05, 0.1) is 14.2 Å². The van der Waals surface area contributed by atoms with Gasteiger partial charge < -0.3 is 43.8 Å². The number of rotatable bonds is 2. The Labute approximate surface area is 229 Å². The Morgan fingerprint density at radius 3 is 2.24 bits per heavy atom. The number of fused-ring (bicyclic) bond motifs is 11. The van der Waals surface area contributed by atoms with Gasteiger partial charge in [0.2, 0.25) is 5.78 Å². The van der Waals surface area contributed by atoms with Crippen LogP contribution in [0.2, 0.25) is 0 Å². The topological polar surface area (TPSA) is 182 Å². The molecule has 0 saturated heterocycles. The molecule has 4 aromatic rings. The van der Waals surface area contributed by atoms with Crippen molar-refractivity contribution in [3.8, 4) is 34.5 Å². The highest BCUT2D eigenvalue weighted by atomic mass is 16.6. The number of aromatic hydroxyl groups is 3. The van der Waals surface area contributed by atoms with Gasteiger partial charge in [0, 0.05) is 45.7 Å². The summed E-state index contributed by atoms with van der Waals surface area (Å²) >= 11 is 0. The second kappa shape index (κ2) is 7.70. The third kappa shape index (κ3) is 2.94. The lowest BCUT2D eigenvalue weighted by Crippen LogP contribution is -2.59. The van der Waals surface area contributed by atoms with Crippen molar-refractivity contribution in [2.45, 2.75) is 24.2 Å². The van der Waals surface area contributed by atoms with Crippen LogP contribution in [-0.2, 0) is 9.53 Å². The number of phenolic OH excluding ortho intramolecular Hbond substituents is 3. The van der Waals surface area contributed by atoms with Gasteiger partial charge in [-0.15, -0.1) is 0 Å². The summed E-state index contributed by atoms with van der Waals surface area (Å²) in [6.07, 6.45) is 1.05. The fourth-order valence-electron chi connectivity index (χ4n) is 6.30. The van der Waals surface area contributed by atoms with Crippen LogP contribution in [-0.4, -0.2) is 57.8 Å². The monoisotopic (exact) mass is 560 g/mol. The average Bonchev–Trinajstić information content (AvgIpc) is 3.25. The van der Waals surface area contributed by atoms with Crippen LogP contribution in [0.1, 0.15) is 34.3 Å². The van der Waals surface area contributed by atoms with Crippen LogP contribution in [0, 0.1) is 0 Å². The number of hydrogen-bond donors (Lipinski definition) is 4. The van der Waals surface area contributed by atoms with Crippen molar-refractivity contribution in [1.29, 1.82) is 0 Å². The molecular formula is C29H20O12. The van der Waals surface area contributed by atoms with Gasteiger partial charge in [-0.1, -0.05) is 0 Å². The summed E-state index contributed by atoms with van der Waals surface area (Å²) in [5, 5.41) is 44.0. The van der Waals surface area contributed by atoms with E-state index >= 15 is 0 Å². The Morgan fingerprint density at radius 2 is 1.54 bits per heavy atom. The highest BCUT2D eigenvalue weighted by Crippen LogP contribution is 2.63. The minimum Gasteiger partial charge on any atom is -0.507 e. The second-order valence-corrected chi connectivity index (χ2v) is 10.2. The van der Waals surface area contributed by atoms with E-state index in [0.717, 1.165) is 12.1 Å². The number of carbonyl (C=O) groups excluding carboxylic acids is 2. The predicted molar refractivity (Wildman–Crippen MR) is 140 cm³/mol. The first-order chi connectivity index (χ1) is 19.4. The van der Waals surface area contributed by atoms with Crippen LogP contribution in [0.15, 0.2) is 45.6 Å². The number of ether oxygens (including phenoxy) is 4. The molecule has 12 nitrogen and oxygen atoms in total. The summed E-state index contributed by atoms with van der Waals surface area (Å²) in [4.78, 5) is 39.9. The zero-order chi connectivity index (χ0) is 29.2. The van der Waals surface area contributed by atoms with Crippen LogP contribution >= 0.6 is 0 Å². The predicted octanol–water partition coefficient (Wildman–Crippen LogP) is 2.84. The van der Waals surface area contributed by atoms with E-state index in [4.69, 9.17) is 23.4 Å². The van der Waals surface area contributed by atoms with Gasteiger partial charge in [0.25, 0.3) is 5.79 Å². The molecule has 7 rings (SSSR count). The molecule has 0 saturated carbocycles. The number of methoxy groups -OCH3 is 2. The molecule has 4 N–H and O–H groups in total. The zero-order valence-electron chi connectivity index (χ0n) is 21.6. The van der Waals surface area contributed by atoms with Gasteiger partial charge in [0.15, 0.2) is 11.5 Å². The molecule has 0 bridgehead atoms. The number of phenols is 3. The highest BCUT2D eigenvalue weighted by Gasteiger charge is 2.68. The van der Waals surface area contributed by atoms with Crippen molar-refractivity contribution in [3.63, 3.8) is 0 Å². The maximum Gasteiger partial charge on any atom is 0.347 e. The Hall–Kier alpha value is -5.23. The largest absolute Gasteiger partial charge is 0.507 e. The summed E-state index contributed by atoms with van der Waals surface area (Å²) in [5.41, 5.74) is -2.89. The molecule has 1 aromatic heterocycles. The first-order valence-corrected chi connectivity index (χ1v) is 12.3. The third-order valence-corrected chi connectivity index (χ3v) is 8.04. The zero-order valence-corrected chi connectivity index (χ0v) is 21.6. The molecule has 3 aromatic carbocycles. The summed E-state index contributed by atoms with van der Waals surface area (Å²) in [6.45, 7) is 1.45. The molecular weight excluding hydrogens is 540 g/mol. The molecule has 2 aliphatic heterocycles. The number of carbonyl (C=O) groups is 2. The maximum absolute atomic E-state index is 13.6. The van der Waals surface area contributed by atoms with E-state index < -0.39 is 51.9 Å². The van der Waals surface area contributed by atoms with E-state index in [9.17, 15) is 34.8 Å². The summed E-state index contributed by atoms with van der Waals surface area (Å²) in [7, 11) is 2.71. The van der Waals surface area contributed by atoms with Gasteiger partial charge in [0.1, 0.15) is 51.0 Å². The fraction of sp³-hybridized carbons (Fsp3) is 0.207. The second-order valence-electron chi connectivity index (χ2n) is 10.2. The minimum atomic E-state index is -2.67. The summed E-state index contributed by atoms with van der Waals surface area (Å²) in [6, 6.07) is 6.41. The lowest BCUT2D eigenvalue weighted by atomic mass is 9.65. The molecule has 0 fully saturated rings. The molecule has 0 spiro atoms. The van der Waals surface area contributed by atoms with E-state index in [1.165, 1.54) is 45.4 Å². The van der Waals surface area contributed by atoms with Gasteiger partial charge in [-0.25, -0.2) is 9.59 Å². The molecule has 0 amide bonds. The molecule has 1 aliphatic carbocycles. The Morgan fingerprint density at radius 1 is 0.854 bits per heavy atom. The van der Waals surface area contributed by atoms with E-state index in [1.807, 2.05) is 0 Å². The lowest BCUT2D eigenvalue weighted by molar-refractivity contribution is -0.183. The van der Waals surface area contributed by atoms with Crippen molar-refractivity contribution in [2.24, 2.45) is 0 Å². The quantitative estimate of drug-likeness (QED) is 0.160. The van der Waals surface area contributed by atoms with Crippen LogP contribution in [0.5, 0.6) is 34.5 Å². The number of esters is 1. The van der Waals surface area contributed by atoms with Gasteiger partial charge in [-0.05, 0) is 25.1 Å². The van der Waals surface area contributed by atoms with Crippen LogP contribution < -0.4 is 19.8 Å². The van der Waals surface area contributed by atoms with E-state index in [-0.39, 0.29) is 61.3 Å². The molecule has 12 heteroatoms. The van der Waals surface area contributed by atoms with Gasteiger partial charge in [-0.2, -0.15) is 0 Å².